The highest BCUT2D eigenvalue weighted by Gasteiger charge is 2.26. The van der Waals surface area contributed by atoms with E-state index in [2.05, 4.69) is 22.9 Å². The van der Waals surface area contributed by atoms with Gasteiger partial charge in [0.2, 0.25) is 11.8 Å². The fourth-order valence-electron chi connectivity index (χ4n) is 2.15. The van der Waals surface area contributed by atoms with Gasteiger partial charge in [-0.15, -0.1) is 0 Å². The van der Waals surface area contributed by atoms with Gasteiger partial charge in [-0.25, -0.2) is 0 Å². The van der Waals surface area contributed by atoms with Crippen molar-refractivity contribution < 1.29 is 14.3 Å². The highest BCUT2D eigenvalue weighted by atomic mass is 16.5. The molecule has 0 aromatic heterocycles. The van der Waals surface area contributed by atoms with Gasteiger partial charge in [-0.2, -0.15) is 0 Å². The molecule has 1 aliphatic heterocycles. The zero-order chi connectivity index (χ0) is 14.3. The first-order chi connectivity index (χ1) is 9.04. The number of nitrogens with one attached hydrogen (secondary N) is 3. The Kier molecular flexibility index (Phi) is 6.80. The van der Waals surface area contributed by atoms with Gasteiger partial charge in [-0.05, 0) is 33.1 Å². The van der Waals surface area contributed by atoms with Crippen LogP contribution in [0.5, 0.6) is 0 Å². The maximum Gasteiger partial charge on any atom is 0.242 e. The number of ether oxygens (including phenoxy) is 1. The Morgan fingerprint density at radius 1 is 1.42 bits per heavy atom. The Balaban J connectivity index is 2.32. The SMILES string of the molecule is COCCNC(=O)C(C)NC(=O)C1CCCC(C)N1. The van der Waals surface area contributed by atoms with E-state index in [-0.39, 0.29) is 17.9 Å². The Labute approximate surface area is 114 Å². The Morgan fingerprint density at radius 2 is 2.16 bits per heavy atom. The van der Waals surface area contributed by atoms with Crippen LogP contribution in [0.3, 0.4) is 0 Å². The molecule has 3 unspecified atom stereocenters. The minimum Gasteiger partial charge on any atom is -0.383 e. The van der Waals surface area contributed by atoms with Crippen LogP contribution in [0.4, 0.5) is 0 Å². The van der Waals surface area contributed by atoms with E-state index in [1.807, 2.05) is 0 Å². The lowest BCUT2D eigenvalue weighted by Crippen LogP contribution is -2.54. The number of hydrogen-bond acceptors (Lipinski definition) is 4. The second-order valence-corrected chi connectivity index (χ2v) is 5.07. The number of methoxy groups -OCH3 is 1. The van der Waals surface area contributed by atoms with E-state index in [9.17, 15) is 9.59 Å². The molecule has 0 aliphatic carbocycles. The van der Waals surface area contributed by atoms with Crippen molar-refractivity contribution in [3.05, 3.63) is 0 Å². The van der Waals surface area contributed by atoms with Crippen molar-refractivity contribution in [2.24, 2.45) is 0 Å². The monoisotopic (exact) mass is 271 g/mol. The van der Waals surface area contributed by atoms with Crippen molar-refractivity contribution >= 4 is 11.8 Å². The molecule has 0 bridgehead atoms. The minimum atomic E-state index is -0.525. The molecule has 1 rings (SSSR count). The molecule has 0 aromatic rings. The maximum absolute atomic E-state index is 12.0. The van der Waals surface area contributed by atoms with Crippen LogP contribution < -0.4 is 16.0 Å². The summed E-state index contributed by atoms with van der Waals surface area (Å²) in [6, 6.07) is -0.350. The van der Waals surface area contributed by atoms with Gasteiger partial charge >= 0.3 is 0 Å². The highest BCUT2D eigenvalue weighted by molar-refractivity contribution is 5.89. The first-order valence-electron chi connectivity index (χ1n) is 6.87. The van der Waals surface area contributed by atoms with Gasteiger partial charge in [-0.3, -0.25) is 9.59 Å². The molecule has 0 radical (unpaired) electrons. The van der Waals surface area contributed by atoms with Gasteiger partial charge in [0.15, 0.2) is 0 Å². The molecule has 19 heavy (non-hydrogen) atoms. The van der Waals surface area contributed by atoms with E-state index in [0.717, 1.165) is 19.3 Å². The molecule has 3 N–H and O–H groups in total. The first kappa shape index (κ1) is 15.9. The number of hydrogen-bond donors (Lipinski definition) is 3. The standard InChI is InChI=1S/C13H25N3O3/c1-9-5-4-6-11(15-9)13(18)16-10(2)12(17)14-7-8-19-3/h9-11,15H,4-8H2,1-3H3,(H,14,17)(H,16,18). The number of rotatable bonds is 6. The predicted molar refractivity (Wildman–Crippen MR) is 72.7 cm³/mol. The van der Waals surface area contributed by atoms with Crippen LogP contribution in [0.1, 0.15) is 33.1 Å². The summed E-state index contributed by atoms with van der Waals surface area (Å²) in [5, 5.41) is 8.69. The fourth-order valence-corrected chi connectivity index (χ4v) is 2.15. The van der Waals surface area contributed by atoms with Crippen molar-refractivity contribution in [2.75, 3.05) is 20.3 Å². The number of carbonyl (C=O) groups is 2. The van der Waals surface area contributed by atoms with Crippen molar-refractivity contribution in [1.29, 1.82) is 0 Å². The third kappa shape index (κ3) is 5.57. The van der Waals surface area contributed by atoms with E-state index in [1.165, 1.54) is 0 Å². The van der Waals surface area contributed by atoms with Gasteiger partial charge in [0.1, 0.15) is 6.04 Å². The van der Waals surface area contributed by atoms with Gasteiger partial charge in [0.25, 0.3) is 0 Å². The van der Waals surface area contributed by atoms with Crippen LogP contribution >= 0.6 is 0 Å². The van der Waals surface area contributed by atoms with E-state index < -0.39 is 6.04 Å². The van der Waals surface area contributed by atoms with Gasteiger partial charge < -0.3 is 20.7 Å². The Bertz CT molecular complexity index is 310. The fraction of sp³-hybridized carbons (Fsp3) is 0.846. The molecule has 3 atom stereocenters. The second kappa shape index (κ2) is 8.12. The van der Waals surface area contributed by atoms with E-state index in [4.69, 9.17) is 4.74 Å². The second-order valence-electron chi connectivity index (χ2n) is 5.07. The smallest absolute Gasteiger partial charge is 0.242 e. The molecule has 1 heterocycles. The largest absolute Gasteiger partial charge is 0.383 e. The van der Waals surface area contributed by atoms with Crippen LogP contribution in [0, 0.1) is 0 Å². The molecule has 1 saturated heterocycles. The van der Waals surface area contributed by atoms with Gasteiger partial charge in [0, 0.05) is 19.7 Å². The lowest BCUT2D eigenvalue weighted by atomic mass is 9.99. The molecule has 110 valence electrons. The molecule has 0 spiro atoms. The van der Waals surface area contributed by atoms with Crippen LogP contribution in [-0.4, -0.2) is 50.2 Å². The molecule has 0 saturated carbocycles. The molecule has 0 aromatic carbocycles. The predicted octanol–water partition coefficient (Wildman–Crippen LogP) is -0.216. The molecule has 1 aliphatic rings. The zero-order valence-electron chi connectivity index (χ0n) is 12.0. The molecule has 6 nitrogen and oxygen atoms in total. The average Bonchev–Trinajstić information content (AvgIpc) is 2.38. The summed E-state index contributed by atoms with van der Waals surface area (Å²) in [6.45, 7) is 4.68. The normalized spacial score (nSPS) is 24.6. The molecular weight excluding hydrogens is 246 g/mol. The summed E-state index contributed by atoms with van der Waals surface area (Å²) in [4.78, 5) is 23.7. The zero-order valence-corrected chi connectivity index (χ0v) is 12.0. The summed E-state index contributed by atoms with van der Waals surface area (Å²) >= 11 is 0. The third-order valence-electron chi connectivity index (χ3n) is 3.29. The lowest BCUT2D eigenvalue weighted by molar-refractivity contribution is -0.130. The van der Waals surface area contributed by atoms with Crippen molar-refractivity contribution in [1.82, 2.24) is 16.0 Å². The molecule has 6 heteroatoms. The van der Waals surface area contributed by atoms with E-state index in [0.29, 0.717) is 19.2 Å². The van der Waals surface area contributed by atoms with Crippen LogP contribution in [0.25, 0.3) is 0 Å². The Hall–Kier alpha value is -1.14. The first-order valence-corrected chi connectivity index (χ1v) is 6.87. The van der Waals surface area contributed by atoms with Crippen LogP contribution in [-0.2, 0) is 14.3 Å². The van der Waals surface area contributed by atoms with E-state index in [1.54, 1.807) is 14.0 Å². The lowest BCUT2D eigenvalue weighted by Gasteiger charge is -2.28. The van der Waals surface area contributed by atoms with Crippen LogP contribution in [0.15, 0.2) is 0 Å². The minimum absolute atomic E-state index is 0.0964. The number of carbonyl (C=O) groups excluding carboxylic acids is 2. The van der Waals surface area contributed by atoms with Gasteiger partial charge in [-0.1, -0.05) is 0 Å². The van der Waals surface area contributed by atoms with Crippen molar-refractivity contribution in [3.8, 4) is 0 Å². The van der Waals surface area contributed by atoms with Gasteiger partial charge in [0.05, 0.1) is 12.6 Å². The summed E-state index contributed by atoms with van der Waals surface area (Å²) < 4.78 is 4.85. The van der Waals surface area contributed by atoms with Crippen molar-refractivity contribution in [3.63, 3.8) is 0 Å². The number of piperidine rings is 1. The molecular formula is C13H25N3O3. The third-order valence-corrected chi connectivity index (χ3v) is 3.29. The summed E-state index contributed by atoms with van der Waals surface area (Å²) in [6.07, 6.45) is 2.96. The Morgan fingerprint density at radius 3 is 2.79 bits per heavy atom. The van der Waals surface area contributed by atoms with Crippen LogP contribution in [0.2, 0.25) is 0 Å². The summed E-state index contributed by atoms with van der Waals surface area (Å²) in [7, 11) is 1.58. The summed E-state index contributed by atoms with van der Waals surface area (Å²) in [5.41, 5.74) is 0. The highest BCUT2D eigenvalue weighted by Crippen LogP contribution is 2.12. The topological polar surface area (TPSA) is 79.5 Å². The van der Waals surface area contributed by atoms with Crippen molar-refractivity contribution in [2.45, 2.75) is 51.2 Å². The summed E-state index contributed by atoms with van der Waals surface area (Å²) in [5.74, 6) is -0.282. The molecule has 2 amide bonds. The van der Waals surface area contributed by atoms with E-state index >= 15 is 0 Å². The maximum atomic E-state index is 12.0. The average molecular weight is 271 g/mol. The quantitative estimate of drug-likeness (QED) is 0.584. The number of amides is 2. The molecule has 1 fully saturated rings.